The number of hydrogen-bond donors (Lipinski definition) is 1. The standard InChI is InChI=1S/C15H21N3/c1-4-15-17-10-11-18(15)14-9-7-6-8-13(14)12(3)16-5-2/h6-12,16H,4-5H2,1-3H3. The number of aryl methyl sites for hydroxylation is 1. The lowest BCUT2D eigenvalue weighted by atomic mass is 10.1. The minimum Gasteiger partial charge on any atom is -0.310 e. The number of aromatic nitrogens is 2. The monoisotopic (exact) mass is 243 g/mol. The van der Waals surface area contributed by atoms with E-state index >= 15 is 0 Å². The number of rotatable bonds is 5. The Morgan fingerprint density at radius 2 is 2.06 bits per heavy atom. The lowest BCUT2D eigenvalue weighted by molar-refractivity contribution is 0.594. The average molecular weight is 243 g/mol. The van der Waals surface area contributed by atoms with E-state index in [0.717, 1.165) is 18.8 Å². The first kappa shape index (κ1) is 12.8. The van der Waals surface area contributed by atoms with Crippen LogP contribution in [0.5, 0.6) is 0 Å². The molecule has 0 aliphatic heterocycles. The molecule has 3 nitrogen and oxygen atoms in total. The number of hydrogen-bond acceptors (Lipinski definition) is 2. The summed E-state index contributed by atoms with van der Waals surface area (Å²) in [6.07, 6.45) is 4.85. The van der Waals surface area contributed by atoms with Crippen molar-refractivity contribution >= 4 is 0 Å². The average Bonchev–Trinajstić information content (AvgIpc) is 2.87. The van der Waals surface area contributed by atoms with Gasteiger partial charge in [0.05, 0.1) is 5.69 Å². The SMILES string of the molecule is CCNC(C)c1ccccc1-n1ccnc1CC. The molecule has 1 aromatic heterocycles. The number of benzene rings is 1. The van der Waals surface area contributed by atoms with Crippen LogP contribution in [0.4, 0.5) is 0 Å². The van der Waals surface area contributed by atoms with E-state index in [-0.39, 0.29) is 0 Å². The van der Waals surface area contributed by atoms with E-state index in [1.165, 1.54) is 11.3 Å². The molecule has 1 heterocycles. The van der Waals surface area contributed by atoms with Crippen molar-refractivity contribution in [1.82, 2.24) is 14.9 Å². The Balaban J connectivity index is 2.44. The molecule has 0 fully saturated rings. The Morgan fingerprint density at radius 1 is 1.28 bits per heavy atom. The first-order valence-corrected chi connectivity index (χ1v) is 6.62. The van der Waals surface area contributed by atoms with Gasteiger partial charge in [-0.2, -0.15) is 0 Å². The van der Waals surface area contributed by atoms with Crippen LogP contribution >= 0.6 is 0 Å². The molecule has 0 spiro atoms. The third-order valence-corrected chi connectivity index (χ3v) is 3.21. The van der Waals surface area contributed by atoms with Crippen molar-refractivity contribution in [2.45, 2.75) is 33.2 Å². The Bertz CT molecular complexity index is 502. The van der Waals surface area contributed by atoms with E-state index in [1.807, 2.05) is 12.4 Å². The van der Waals surface area contributed by atoms with E-state index in [0.29, 0.717) is 6.04 Å². The van der Waals surface area contributed by atoms with Gasteiger partial charge in [-0.3, -0.25) is 0 Å². The van der Waals surface area contributed by atoms with E-state index in [1.54, 1.807) is 0 Å². The fraction of sp³-hybridized carbons (Fsp3) is 0.400. The fourth-order valence-corrected chi connectivity index (χ4v) is 2.30. The molecule has 1 atom stereocenters. The zero-order valence-electron chi connectivity index (χ0n) is 11.4. The highest BCUT2D eigenvalue weighted by molar-refractivity contribution is 5.43. The number of para-hydroxylation sites is 1. The summed E-state index contributed by atoms with van der Waals surface area (Å²) in [6, 6.07) is 8.86. The van der Waals surface area contributed by atoms with Gasteiger partial charge in [-0.15, -0.1) is 0 Å². The van der Waals surface area contributed by atoms with Gasteiger partial charge in [0, 0.05) is 24.9 Å². The molecule has 0 saturated heterocycles. The van der Waals surface area contributed by atoms with Crippen LogP contribution in [0.3, 0.4) is 0 Å². The normalized spacial score (nSPS) is 12.6. The van der Waals surface area contributed by atoms with E-state index in [4.69, 9.17) is 0 Å². The summed E-state index contributed by atoms with van der Waals surface area (Å²) in [5, 5.41) is 3.47. The predicted octanol–water partition coefficient (Wildman–Crippen LogP) is 3.11. The molecule has 1 aromatic carbocycles. The van der Waals surface area contributed by atoms with Gasteiger partial charge in [0.2, 0.25) is 0 Å². The second-order valence-corrected chi connectivity index (χ2v) is 4.41. The molecule has 1 N–H and O–H groups in total. The summed E-state index contributed by atoms with van der Waals surface area (Å²) in [7, 11) is 0. The molecular weight excluding hydrogens is 222 g/mol. The lowest BCUT2D eigenvalue weighted by Gasteiger charge is -2.18. The van der Waals surface area contributed by atoms with Crippen LogP contribution in [0, 0.1) is 0 Å². The highest BCUT2D eigenvalue weighted by Crippen LogP contribution is 2.22. The van der Waals surface area contributed by atoms with Gasteiger partial charge in [-0.05, 0) is 25.1 Å². The highest BCUT2D eigenvalue weighted by atomic mass is 15.1. The van der Waals surface area contributed by atoms with Crippen molar-refractivity contribution in [2.75, 3.05) is 6.54 Å². The van der Waals surface area contributed by atoms with Crippen LogP contribution in [0.15, 0.2) is 36.7 Å². The van der Waals surface area contributed by atoms with Gasteiger partial charge in [-0.1, -0.05) is 32.0 Å². The molecule has 18 heavy (non-hydrogen) atoms. The minimum atomic E-state index is 0.346. The van der Waals surface area contributed by atoms with Gasteiger partial charge < -0.3 is 9.88 Å². The van der Waals surface area contributed by atoms with Crippen molar-refractivity contribution in [1.29, 1.82) is 0 Å². The molecule has 3 heteroatoms. The van der Waals surface area contributed by atoms with Gasteiger partial charge in [0.1, 0.15) is 5.82 Å². The van der Waals surface area contributed by atoms with Gasteiger partial charge in [0.25, 0.3) is 0 Å². The Labute approximate surface area is 109 Å². The molecule has 2 aromatic rings. The zero-order valence-corrected chi connectivity index (χ0v) is 11.4. The van der Waals surface area contributed by atoms with Crippen LogP contribution in [-0.2, 0) is 6.42 Å². The molecular formula is C15H21N3. The summed E-state index contributed by atoms with van der Waals surface area (Å²) in [5.41, 5.74) is 2.53. The van der Waals surface area contributed by atoms with Crippen LogP contribution in [-0.4, -0.2) is 16.1 Å². The maximum atomic E-state index is 4.40. The van der Waals surface area contributed by atoms with Crippen LogP contribution in [0.25, 0.3) is 5.69 Å². The van der Waals surface area contributed by atoms with E-state index in [9.17, 15) is 0 Å². The third-order valence-electron chi connectivity index (χ3n) is 3.21. The lowest BCUT2D eigenvalue weighted by Crippen LogP contribution is -2.19. The highest BCUT2D eigenvalue weighted by Gasteiger charge is 2.12. The van der Waals surface area contributed by atoms with Crippen molar-refractivity contribution < 1.29 is 0 Å². The Morgan fingerprint density at radius 3 is 2.78 bits per heavy atom. The Hall–Kier alpha value is -1.61. The number of nitrogens with one attached hydrogen (secondary N) is 1. The first-order chi connectivity index (χ1) is 8.77. The summed E-state index contributed by atoms with van der Waals surface area (Å²) in [6.45, 7) is 7.44. The molecule has 96 valence electrons. The number of imidazole rings is 1. The third kappa shape index (κ3) is 2.46. The van der Waals surface area contributed by atoms with Gasteiger partial charge in [-0.25, -0.2) is 4.98 Å². The van der Waals surface area contributed by atoms with Gasteiger partial charge in [0.15, 0.2) is 0 Å². The van der Waals surface area contributed by atoms with Crippen LogP contribution in [0.2, 0.25) is 0 Å². The molecule has 0 saturated carbocycles. The van der Waals surface area contributed by atoms with E-state index in [2.05, 4.69) is 59.9 Å². The summed E-state index contributed by atoms with van der Waals surface area (Å²) >= 11 is 0. The van der Waals surface area contributed by atoms with E-state index < -0.39 is 0 Å². The molecule has 0 aliphatic rings. The van der Waals surface area contributed by atoms with Gasteiger partial charge >= 0.3 is 0 Å². The van der Waals surface area contributed by atoms with Crippen molar-refractivity contribution in [3.05, 3.63) is 48.0 Å². The second-order valence-electron chi connectivity index (χ2n) is 4.41. The predicted molar refractivity (Wildman–Crippen MR) is 75.0 cm³/mol. The second kappa shape index (κ2) is 5.83. The molecule has 1 unspecified atom stereocenters. The smallest absolute Gasteiger partial charge is 0.112 e. The molecule has 0 aliphatic carbocycles. The molecule has 0 amide bonds. The first-order valence-electron chi connectivity index (χ1n) is 6.62. The Kier molecular flexibility index (Phi) is 4.15. The quantitative estimate of drug-likeness (QED) is 0.874. The van der Waals surface area contributed by atoms with Crippen LogP contribution < -0.4 is 5.32 Å². The topological polar surface area (TPSA) is 29.9 Å². The largest absolute Gasteiger partial charge is 0.310 e. The maximum Gasteiger partial charge on any atom is 0.112 e. The minimum absolute atomic E-state index is 0.346. The summed E-state index contributed by atoms with van der Waals surface area (Å²) in [5.74, 6) is 1.10. The zero-order chi connectivity index (χ0) is 13.0. The molecule has 2 rings (SSSR count). The van der Waals surface area contributed by atoms with Crippen molar-refractivity contribution in [2.24, 2.45) is 0 Å². The van der Waals surface area contributed by atoms with Crippen LogP contribution in [0.1, 0.15) is 38.2 Å². The van der Waals surface area contributed by atoms with Crippen molar-refractivity contribution in [3.63, 3.8) is 0 Å². The fourth-order valence-electron chi connectivity index (χ4n) is 2.30. The molecule has 0 radical (unpaired) electrons. The summed E-state index contributed by atoms with van der Waals surface area (Å²) < 4.78 is 2.18. The number of nitrogens with zero attached hydrogens (tertiary/aromatic N) is 2. The summed E-state index contributed by atoms with van der Waals surface area (Å²) in [4.78, 5) is 4.40. The van der Waals surface area contributed by atoms with Crippen molar-refractivity contribution in [3.8, 4) is 5.69 Å². The maximum absolute atomic E-state index is 4.40. The molecule has 0 bridgehead atoms.